The normalized spacial score (nSPS) is 11.7. The zero-order chi connectivity index (χ0) is 16.3. The minimum absolute atomic E-state index is 0.734. The second kappa shape index (κ2) is 9.42. The summed E-state index contributed by atoms with van der Waals surface area (Å²) in [5, 5.41) is 9.01. The first-order chi connectivity index (χ1) is 11.2. The van der Waals surface area contributed by atoms with Crippen molar-refractivity contribution in [3.8, 4) is 0 Å². The summed E-state index contributed by atoms with van der Waals surface area (Å²) in [5.74, 6) is -0.888. The van der Waals surface area contributed by atoms with Crippen LogP contribution in [0.25, 0.3) is 0 Å². The fraction of sp³-hybridized carbons (Fsp3) is 0.190. The Labute approximate surface area is 137 Å². The van der Waals surface area contributed by atoms with Gasteiger partial charge in [0.2, 0.25) is 0 Å². The van der Waals surface area contributed by atoms with Gasteiger partial charge in [-0.2, -0.15) is 0 Å². The summed E-state index contributed by atoms with van der Waals surface area (Å²) in [6, 6.07) is 20.4. The number of rotatable bonds is 8. The number of hydrogen-bond donors (Lipinski definition) is 1. The van der Waals surface area contributed by atoms with Crippen LogP contribution in [0.4, 0.5) is 0 Å². The first kappa shape index (κ1) is 16.8. The van der Waals surface area contributed by atoms with Crippen LogP contribution in [-0.4, -0.2) is 11.1 Å². The molecule has 0 spiro atoms. The van der Waals surface area contributed by atoms with Gasteiger partial charge in [-0.05, 0) is 42.4 Å². The van der Waals surface area contributed by atoms with Crippen LogP contribution in [0, 0.1) is 0 Å². The van der Waals surface area contributed by atoms with Crippen LogP contribution in [-0.2, 0) is 17.6 Å². The van der Waals surface area contributed by atoms with Crippen molar-refractivity contribution < 1.29 is 9.90 Å². The molecule has 0 amide bonds. The van der Waals surface area contributed by atoms with Crippen LogP contribution in [0.1, 0.15) is 24.0 Å². The Morgan fingerprint density at radius 2 is 1.43 bits per heavy atom. The zero-order valence-electron chi connectivity index (χ0n) is 13.2. The molecule has 2 aromatic carbocycles. The van der Waals surface area contributed by atoms with E-state index >= 15 is 0 Å². The third kappa shape index (κ3) is 6.79. The summed E-state index contributed by atoms with van der Waals surface area (Å²) in [6.07, 6.45) is 8.78. The Bertz CT molecular complexity index is 655. The Morgan fingerprint density at radius 3 is 2.00 bits per heavy atom. The van der Waals surface area contributed by atoms with Gasteiger partial charge in [-0.15, -0.1) is 0 Å². The maximum absolute atomic E-state index is 11.0. The summed E-state index contributed by atoms with van der Waals surface area (Å²) >= 11 is 0. The monoisotopic (exact) mass is 306 g/mol. The Balaban J connectivity index is 1.88. The molecule has 0 unspecified atom stereocenters. The molecule has 1 N–H and O–H groups in total. The van der Waals surface area contributed by atoms with Crippen molar-refractivity contribution in [3.63, 3.8) is 0 Å². The van der Waals surface area contributed by atoms with Gasteiger partial charge in [0, 0.05) is 6.08 Å². The average Bonchev–Trinajstić information content (AvgIpc) is 2.58. The van der Waals surface area contributed by atoms with Crippen LogP contribution in [0.15, 0.2) is 84.5 Å². The predicted molar refractivity (Wildman–Crippen MR) is 94.4 cm³/mol. The predicted octanol–water partition coefficient (Wildman–Crippen LogP) is 4.82. The second-order valence-corrected chi connectivity index (χ2v) is 5.47. The lowest BCUT2D eigenvalue weighted by molar-refractivity contribution is -0.131. The van der Waals surface area contributed by atoms with Crippen molar-refractivity contribution in [2.45, 2.75) is 25.7 Å². The van der Waals surface area contributed by atoms with Crippen molar-refractivity contribution >= 4 is 5.97 Å². The van der Waals surface area contributed by atoms with E-state index in [2.05, 4.69) is 30.3 Å². The summed E-state index contributed by atoms with van der Waals surface area (Å²) in [5.41, 5.74) is 3.38. The molecule has 0 saturated heterocycles. The molecule has 0 radical (unpaired) electrons. The third-order valence-corrected chi connectivity index (χ3v) is 3.63. The van der Waals surface area contributed by atoms with Crippen LogP contribution >= 0.6 is 0 Å². The van der Waals surface area contributed by atoms with E-state index in [-0.39, 0.29) is 0 Å². The highest BCUT2D eigenvalue weighted by atomic mass is 16.4. The number of carboxylic acids is 1. The van der Waals surface area contributed by atoms with Gasteiger partial charge in [0.15, 0.2) is 0 Å². The molecule has 118 valence electrons. The summed E-state index contributed by atoms with van der Waals surface area (Å²) in [6.45, 7) is 0. The number of aryl methyl sites for hydroxylation is 2. The van der Waals surface area contributed by atoms with Crippen LogP contribution < -0.4 is 0 Å². The number of carboxylic acid groups (broad SMARTS) is 1. The molecule has 0 aliphatic carbocycles. The van der Waals surface area contributed by atoms with Crippen molar-refractivity contribution in [2.75, 3.05) is 0 Å². The number of allylic oxidation sites excluding steroid dienone is 3. The summed E-state index contributed by atoms with van der Waals surface area (Å²) in [7, 11) is 0. The molecule has 0 aliphatic rings. The smallest absolute Gasteiger partial charge is 0.328 e. The molecular formula is C21H22O2. The van der Waals surface area contributed by atoms with Gasteiger partial charge in [-0.3, -0.25) is 0 Å². The van der Waals surface area contributed by atoms with Crippen molar-refractivity contribution in [3.05, 3.63) is 95.6 Å². The molecule has 0 saturated carbocycles. The average molecular weight is 306 g/mol. The lowest BCUT2D eigenvalue weighted by Gasteiger charge is -2.03. The number of hydrogen-bond acceptors (Lipinski definition) is 1. The topological polar surface area (TPSA) is 37.3 Å². The van der Waals surface area contributed by atoms with E-state index in [1.54, 1.807) is 0 Å². The molecule has 2 aromatic rings. The molecule has 2 rings (SSSR count). The van der Waals surface area contributed by atoms with Crippen LogP contribution in [0.3, 0.4) is 0 Å². The van der Waals surface area contributed by atoms with E-state index < -0.39 is 5.97 Å². The lowest BCUT2D eigenvalue weighted by Crippen LogP contribution is -1.93. The van der Waals surface area contributed by atoms with Crippen LogP contribution in [0.5, 0.6) is 0 Å². The van der Waals surface area contributed by atoms with Gasteiger partial charge in [0.1, 0.15) is 0 Å². The summed E-state index contributed by atoms with van der Waals surface area (Å²) in [4.78, 5) is 11.0. The Morgan fingerprint density at radius 1 is 0.870 bits per heavy atom. The molecule has 0 fully saturated rings. The molecule has 0 aliphatic heterocycles. The highest BCUT2D eigenvalue weighted by Gasteiger charge is 1.99. The summed E-state index contributed by atoms with van der Waals surface area (Å²) < 4.78 is 0. The van der Waals surface area contributed by atoms with E-state index in [1.165, 1.54) is 17.2 Å². The maximum Gasteiger partial charge on any atom is 0.328 e. The number of aliphatic carboxylic acids is 1. The second-order valence-electron chi connectivity index (χ2n) is 5.47. The van der Waals surface area contributed by atoms with Gasteiger partial charge in [0.25, 0.3) is 0 Å². The highest BCUT2D eigenvalue weighted by molar-refractivity contribution is 5.81. The molecule has 2 heteroatoms. The highest BCUT2D eigenvalue weighted by Crippen LogP contribution is 2.12. The molecule has 0 atom stereocenters. The number of benzene rings is 2. The third-order valence-electron chi connectivity index (χ3n) is 3.63. The molecule has 0 heterocycles. The molecule has 0 aromatic heterocycles. The Kier molecular flexibility index (Phi) is 6.86. The SMILES string of the molecule is O=C(O)/C=C(/C=C/CCc1ccccc1)CCc1ccccc1. The van der Waals surface area contributed by atoms with Crippen molar-refractivity contribution in [2.24, 2.45) is 0 Å². The first-order valence-corrected chi connectivity index (χ1v) is 7.92. The minimum Gasteiger partial charge on any atom is -0.478 e. The van der Waals surface area contributed by atoms with E-state index in [9.17, 15) is 4.79 Å². The Hall–Kier alpha value is -2.61. The minimum atomic E-state index is -0.888. The van der Waals surface area contributed by atoms with Gasteiger partial charge >= 0.3 is 5.97 Å². The fourth-order valence-electron chi connectivity index (χ4n) is 2.42. The standard InChI is InChI=1S/C21H22O2/c22-21(23)17-20(16-15-19-11-5-2-6-12-19)14-8-7-13-18-9-3-1-4-10-18/h1-6,8-12,14,17H,7,13,15-16H2,(H,22,23)/b14-8+,20-17-. The maximum atomic E-state index is 11.0. The molecule has 2 nitrogen and oxygen atoms in total. The van der Waals surface area contributed by atoms with E-state index in [0.29, 0.717) is 0 Å². The van der Waals surface area contributed by atoms with Gasteiger partial charge in [0.05, 0.1) is 0 Å². The van der Waals surface area contributed by atoms with Gasteiger partial charge in [-0.25, -0.2) is 4.79 Å². The quantitative estimate of drug-likeness (QED) is 0.561. The first-order valence-electron chi connectivity index (χ1n) is 7.92. The lowest BCUT2D eigenvalue weighted by atomic mass is 10.0. The zero-order valence-corrected chi connectivity index (χ0v) is 13.2. The number of carbonyl (C=O) groups is 1. The fourth-order valence-corrected chi connectivity index (χ4v) is 2.42. The van der Waals surface area contributed by atoms with Crippen molar-refractivity contribution in [1.82, 2.24) is 0 Å². The van der Waals surface area contributed by atoms with Gasteiger partial charge < -0.3 is 5.11 Å². The van der Waals surface area contributed by atoms with Gasteiger partial charge in [-0.1, -0.05) is 72.8 Å². The molecule has 23 heavy (non-hydrogen) atoms. The van der Waals surface area contributed by atoms with E-state index in [0.717, 1.165) is 31.3 Å². The molecular weight excluding hydrogens is 284 g/mol. The van der Waals surface area contributed by atoms with Crippen molar-refractivity contribution in [1.29, 1.82) is 0 Å². The largest absolute Gasteiger partial charge is 0.478 e. The van der Waals surface area contributed by atoms with E-state index in [1.807, 2.05) is 42.5 Å². The van der Waals surface area contributed by atoms with Crippen LogP contribution in [0.2, 0.25) is 0 Å². The molecule has 0 bridgehead atoms. The van der Waals surface area contributed by atoms with E-state index in [4.69, 9.17) is 5.11 Å².